The lowest BCUT2D eigenvalue weighted by Crippen LogP contribution is -2.40. The minimum Gasteiger partial charge on any atom is -0.200 e. The van der Waals surface area contributed by atoms with Crippen molar-refractivity contribution in [2.75, 3.05) is 0 Å². The van der Waals surface area contributed by atoms with Crippen LogP contribution in [0.2, 0.25) is 0 Å². The first-order valence-electron chi connectivity index (χ1n) is 11.1. The highest BCUT2D eigenvalue weighted by Crippen LogP contribution is 2.41. The third kappa shape index (κ3) is 13.0. The molecule has 0 aromatic rings. The summed E-state index contributed by atoms with van der Waals surface area (Å²) in [5.41, 5.74) is 0. The van der Waals surface area contributed by atoms with Gasteiger partial charge in [0.15, 0.2) is 0 Å². The summed E-state index contributed by atoms with van der Waals surface area (Å²) in [5.74, 6) is -7.70. The molecular weight excluding hydrogens is 340 g/mol. The van der Waals surface area contributed by atoms with Crippen molar-refractivity contribution in [2.24, 2.45) is 0 Å². The fourth-order valence-electron chi connectivity index (χ4n) is 3.33. The maximum atomic E-state index is 13.8. The summed E-state index contributed by atoms with van der Waals surface area (Å²) < 4.78 is 55.3. The summed E-state index contributed by atoms with van der Waals surface area (Å²) in [5, 5.41) is 0. The molecule has 0 heterocycles. The van der Waals surface area contributed by atoms with Crippen molar-refractivity contribution in [3.63, 3.8) is 0 Å². The largest absolute Gasteiger partial charge is 0.310 e. The third-order valence-corrected chi connectivity index (χ3v) is 5.22. The SMILES string of the molecule is CCCCCCCCCCCCC(F)(F)C(F)(F)CCCCCCCC. The molecule has 0 aliphatic carbocycles. The third-order valence-electron chi connectivity index (χ3n) is 5.22. The van der Waals surface area contributed by atoms with Gasteiger partial charge in [0, 0.05) is 12.8 Å². The van der Waals surface area contributed by atoms with E-state index in [2.05, 4.69) is 13.8 Å². The van der Waals surface area contributed by atoms with Crippen LogP contribution in [-0.4, -0.2) is 11.8 Å². The monoisotopic (exact) mass is 382 g/mol. The van der Waals surface area contributed by atoms with Gasteiger partial charge in [-0.3, -0.25) is 0 Å². The molecule has 0 atom stereocenters. The van der Waals surface area contributed by atoms with Gasteiger partial charge in [-0.05, 0) is 12.8 Å². The van der Waals surface area contributed by atoms with Crippen molar-refractivity contribution in [1.29, 1.82) is 0 Å². The van der Waals surface area contributed by atoms with Crippen LogP contribution >= 0.6 is 0 Å². The standard InChI is InChI=1S/C22H42F4/c1-3-5-7-9-11-12-13-14-16-18-20-22(25,26)21(23,24)19-17-15-10-8-6-4-2/h3-20H2,1-2H3. The summed E-state index contributed by atoms with van der Waals surface area (Å²) in [6.45, 7) is 4.27. The van der Waals surface area contributed by atoms with Crippen molar-refractivity contribution >= 4 is 0 Å². The minimum absolute atomic E-state index is 0.199. The van der Waals surface area contributed by atoms with Crippen LogP contribution in [0.15, 0.2) is 0 Å². The quantitative estimate of drug-likeness (QED) is 0.154. The Morgan fingerprint density at radius 1 is 0.385 bits per heavy atom. The predicted octanol–water partition coefficient (Wildman–Crippen LogP) is 9.32. The first kappa shape index (κ1) is 25.7. The van der Waals surface area contributed by atoms with E-state index in [-0.39, 0.29) is 12.8 Å². The van der Waals surface area contributed by atoms with Crippen LogP contribution in [0.4, 0.5) is 17.6 Å². The van der Waals surface area contributed by atoms with E-state index in [0.717, 1.165) is 44.9 Å². The van der Waals surface area contributed by atoms with Gasteiger partial charge in [0.2, 0.25) is 0 Å². The number of hydrogen-bond acceptors (Lipinski definition) is 0. The van der Waals surface area contributed by atoms with Crippen LogP contribution < -0.4 is 0 Å². The van der Waals surface area contributed by atoms with E-state index in [1.807, 2.05) is 0 Å². The maximum Gasteiger partial charge on any atom is 0.310 e. The van der Waals surface area contributed by atoms with Gasteiger partial charge in [-0.2, -0.15) is 17.6 Å². The summed E-state index contributed by atoms with van der Waals surface area (Å²) in [7, 11) is 0. The van der Waals surface area contributed by atoms with Crippen molar-refractivity contribution in [2.45, 2.75) is 141 Å². The lowest BCUT2D eigenvalue weighted by molar-refractivity contribution is -0.216. The van der Waals surface area contributed by atoms with Crippen LogP contribution in [0, 0.1) is 0 Å². The second-order valence-electron chi connectivity index (χ2n) is 7.86. The highest BCUT2D eigenvalue weighted by atomic mass is 19.3. The summed E-state index contributed by atoms with van der Waals surface area (Å²) in [4.78, 5) is 0. The van der Waals surface area contributed by atoms with Gasteiger partial charge >= 0.3 is 11.8 Å². The van der Waals surface area contributed by atoms with Crippen LogP contribution in [0.5, 0.6) is 0 Å². The maximum absolute atomic E-state index is 13.8. The zero-order chi connectivity index (χ0) is 19.7. The summed E-state index contributed by atoms with van der Waals surface area (Å²) >= 11 is 0. The van der Waals surface area contributed by atoms with Gasteiger partial charge in [0.25, 0.3) is 0 Å². The van der Waals surface area contributed by atoms with Crippen molar-refractivity contribution in [3.8, 4) is 0 Å². The molecule has 4 heteroatoms. The average molecular weight is 383 g/mol. The topological polar surface area (TPSA) is 0 Å². The zero-order valence-corrected chi connectivity index (χ0v) is 17.2. The molecule has 0 unspecified atom stereocenters. The van der Waals surface area contributed by atoms with Crippen molar-refractivity contribution in [1.82, 2.24) is 0 Å². The first-order chi connectivity index (χ1) is 12.4. The zero-order valence-electron chi connectivity index (χ0n) is 17.2. The van der Waals surface area contributed by atoms with Gasteiger partial charge in [-0.25, -0.2) is 0 Å². The second kappa shape index (κ2) is 15.7. The fraction of sp³-hybridized carbons (Fsp3) is 1.00. The molecule has 0 saturated heterocycles. The van der Waals surface area contributed by atoms with Gasteiger partial charge < -0.3 is 0 Å². The van der Waals surface area contributed by atoms with Crippen molar-refractivity contribution < 1.29 is 17.6 Å². The molecule has 0 aromatic heterocycles. The Balaban J connectivity index is 3.73. The smallest absolute Gasteiger partial charge is 0.200 e. The van der Waals surface area contributed by atoms with Crippen LogP contribution in [0.3, 0.4) is 0 Å². The number of rotatable bonds is 19. The number of hydrogen-bond donors (Lipinski definition) is 0. The average Bonchev–Trinajstić information content (AvgIpc) is 2.59. The Morgan fingerprint density at radius 3 is 0.885 bits per heavy atom. The molecule has 0 saturated carbocycles. The van der Waals surface area contributed by atoms with E-state index in [1.54, 1.807) is 0 Å². The Bertz CT molecular complexity index is 303. The van der Waals surface area contributed by atoms with Gasteiger partial charge in [-0.15, -0.1) is 0 Å². The van der Waals surface area contributed by atoms with Crippen molar-refractivity contribution in [3.05, 3.63) is 0 Å². The molecule has 0 radical (unpaired) electrons. The Morgan fingerprint density at radius 2 is 0.615 bits per heavy atom. The van der Waals surface area contributed by atoms with Gasteiger partial charge in [-0.1, -0.05) is 104 Å². The van der Waals surface area contributed by atoms with E-state index >= 15 is 0 Å². The molecule has 0 bridgehead atoms. The molecule has 0 rings (SSSR count). The number of unbranched alkanes of at least 4 members (excludes halogenated alkanes) is 14. The second-order valence-corrected chi connectivity index (χ2v) is 7.86. The molecule has 0 aliphatic heterocycles. The highest BCUT2D eigenvalue weighted by molar-refractivity contribution is 4.84. The Labute approximate surface area is 159 Å². The number of alkyl halides is 4. The van der Waals surface area contributed by atoms with Crippen LogP contribution in [0.25, 0.3) is 0 Å². The minimum atomic E-state index is -3.85. The molecule has 0 spiro atoms. The lowest BCUT2D eigenvalue weighted by atomic mass is 9.97. The van der Waals surface area contributed by atoms with Crippen LogP contribution in [-0.2, 0) is 0 Å². The summed E-state index contributed by atoms with van der Waals surface area (Å²) in [6, 6.07) is 0. The molecule has 0 aliphatic rings. The highest BCUT2D eigenvalue weighted by Gasteiger charge is 2.54. The van der Waals surface area contributed by atoms with E-state index in [0.29, 0.717) is 12.8 Å². The Kier molecular flexibility index (Phi) is 15.6. The number of halogens is 4. The summed E-state index contributed by atoms with van der Waals surface area (Å²) in [6.07, 6.45) is 13.7. The molecule has 0 fully saturated rings. The van der Waals surface area contributed by atoms with E-state index < -0.39 is 24.7 Å². The predicted molar refractivity (Wildman–Crippen MR) is 104 cm³/mol. The molecule has 0 N–H and O–H groups in total. The van der Waals surface area contributed by atoms with Gasteiger partial charge in [0.1, 0.15) is 0 Å². The normalized spacial score (nSPS) is 12.7. The van der Waals surface area contributed by atoms with Crippen LogP contribution in [0.1, 0.15) is 129 Å². The molecule has 0 aromatic carbocycles. The Hall–Kier alpha value is -0.280. The molecule has 26 heavy (non-hydrogen) atoms. The molecule has 158 valence electrons. The molecule has 0 amide bonds. The first-order valence-corrected chi connectivity index (χ1v) is 11.1. The van der Waals surface area contributed by atoms with E-state index in [1.165, 1.54) is 32.1 Å². The fourth-order valence-corrected chi connectivity index (χ4v) is 3.33. The molecular formula is C22H42F4. The van der Waals surface area contributed by atoms with E-state index in [9.17, 15) is 17.6 Å². The van der Waals surface area contributed by atoms with Gasteiger partial charge in [0.05, 0.1) is 0 Å². The molecule has 0 nitrogen and oxygen atoms in total. The lowest BCUT2D eigenvalue weighted by Gasteiger charge is -2.26. The van der Waals surface area contributed by atoms with E-state index in [4.69, 9.17) is 0 Å².